The number of hydrogen-bond donors (Lipinski definition) is 4. The molecule has 654 valence electrons. The maximum Gasteiger partial charge on any atom is 0.323 e. The highest BCUT2D eigenvalue weighted by molar-refractivity contribution is 7.61. The van der Waals surface area contributed by atoms with Gasteiger partial charge in [-0.15, -0.1) is 0 Å². The van der Waals surface area contributed by atoms with Gasteiger partial charge in [0.05, 0.1) is 54.0 Å². The van der Waals surface area contributed by atoms with E-state index in [1.165, 1.54) is 0 Å². The van der Waals surface area contributed by atoms with E-state index in [1.54, 1.807) is 190 Å². The average molecular weight is 1740 g/mol. The molecule has 29 heteroatoms. The standard InChI is InChI=1S/C25H29O4P.C21H30NO4P.2C15H24NO4P.C14H22NO4P/c1-19(24(26)28-17-20-11-6-5-7-12-20)18-30(27,25(2,3)4)29-23-16-10-14-21-13-8-9-15-22(21)23;1-15(2)27(24,22-16(3)20(23)25-14-21(4,5)6)26-19-13-9-11-17-10-7-8-12-18(17)19;2*1-11(2)19-15(17)13(5)16-21(18,12(3)4)20-14-9-7-6-8-10-14;1-5-18-14(16)12(4)15-20(17,11(2)3)19-13-9-7-6-8-10-13/h5-16,19H,17-18H2,1-4H3;7-13,15-16H,14H2,1-6H3,(H,22,24);2*6-13H,1-5H3,(H,16,18);6-12H,5H2,1-4H3,(H,15,17)/t19-,30?;16-,27?;13-,21+;13-,21-;12-,20?/m11110/s1. The van der Waals surface area contributed by atoms with Crippen LogP contribution in [0.25, 0.3) is 21.5 Å². The Labute approximate surface area is 706 Å². The molecule has 0 aliphatic rings. The molecule has 8 aromatic rings. The third kappa shape index (κ3) is 34.9. The summed E-state index contributed by atoms with van der Waals surface area (Å²) in [6.45, 7) is 43.8. The summed E-state index contributed by atoms with van der Waals surface area (Å²) in [7, 11) is -16.2. The Kier molecular flexibility index (Phi) is 41.8. The molecule has 24 nitrogen and oxygen atoms in total. The van der Waals surface area contributed by atoms with Gasteiger partial charge in [-0.05, 0) is 133 Å². The molecule has 0 bridgehead atoms. The van der Waals surface area contributed by atoms with Gasteiger partial charge >= 0.3 is 59.9 Å². The van der Waals surface area contributed by atoms with Gasteiger partial charge in [0.2, 0.25) is 0 Å². The minimum Gasteiger partial charge on any atom is -0.465 e. The molecule has 0 saturated carbocycles. The first-order valence-electron chi connectivity index (χ1n) is 40.2. The van der Waals surface area contributed by atoms with Crippen molar-refractivity contribution in [1.29, 1.82) is 0 Å². The van der Waals surface area contributed by atoms with E-state index in [2.05, 4.69) is 20.3 Å². The van der Waals surface area contributed by atoms with Crippen LogP contribution in [0.2, 0.25) is 0 Å². The number of para-hydroxylation sites is 3. The van der Waals surface area contributed by atoms with Crippen LogP contribution in [0.3, 0.4) is 0 Å². The fraction of sp³-hybridized carbons (Fsp3) is 0.456. The van der Waals surface area contributed by atoms with Crippen molar-refractivity contribution in [3.8, 4) is 28.7 Å². The van der Waals surface area contributed by atoms with Gasteiger partial charge in [-0.3, -0.25) is 46.8 Å². The van der Waals surface area contributed by atoms with Crippen LogP contribution in [0.1, 0.15) is 172 Å². The molecule has 119 heavy (non-hydrogen) atoms. The molecule has 0 radical (unpaired) electrons. The number of rotatable bonds is 35. The van der Waals surface area contributed by atoms with Crippen LogP contribution >= 0.6 is 37.4 Å². The topological polar surface area (TPSA) is 311 Å². The summed E-state index contributed by atoms with van der Waals surface area (Å²) in [5, 5.41) is 14.5. The van der Waals surface area contributed by atoms with E-state index in [4.69, 9.17) is 46.3 Å². The summed E-state index contributed by atoms with van der Waals surface area (Å²) in [6, 6.07) is 60.4. The van der Waals surface area contributed by atoms with E-state index >= 15 is 0 Å². The number of benzene rings is 8. The SMILES string of the molecule is CC(C)OC(=O)[C@@H](C)N[P@@](=O)(Oc1ccccc1)C(C)C.CC(C)OC(=O)[C@@H](C)N[P@](=O)(Oc1ccccc1)C(C)C.CC(C)P(=O)(N[C@H](C)C(=O)OCC(C)(C)C)Oc1cccc2ccccc12.CCOC(=O)[C@H](C)NP(=O)(Oc1ccccc1)C(C)C.C[C@H](CP(=O)(Oc1cccc2ccccc12)C(C)(C)C)C(=O)OCc1ccccc1. The normalized spacial score (nSPS) is 15.3. The number of carbonyl (C=O) groups excluding carboxylic acids is 5. The average Bonchev–Trinajstić information content (AvgIpc) is 0.784. The quantitative estimate of drug-likeness (QED) is 0.0163. The van der Waals surface area contributed by atoms with Crippen LogP contribution in [0.4, 0.5) is 0 Å². The monoisotopic (exact) mass is 1740 g/mol. The van der Waals surface area contributed by atoms with Crippen LogP contribution in [0.5, 0.6) is 28.7 Å². The van der Waals surface area contributed by atoms with E-state index in [1.807, 2.05) is 183 Å². The van der Waals surface area contributed by atoms with Crippen molar-refractivity contribution in [1.82, 2.24) is 20.3 Å². The molecular formula is C90H129N4O20P5. The van der Waals surface area contributed by atoms with Crippen molar-refractivity contribution in [2.45, 2.75) is 237 Å². The first-order valence-corrected chi connectivity index (χ1v) is 48.8. The van der Waals surface area contributed by atoms with Gasteiger partial charge in [0, 0.05) is 22.1 Å². The van der Waals surface area contributed by atoms with Crippen LogP contribution in [0, 0.1) is 11.3 Å². The summed E-state index contributed by atoms with van der Waals surface area (Å²) in [5.74, 6) is -0.0452. The minimum atomic E-state index is -3.34. The largest absolute Gasteiger partial charge is 0.465 e. The Bertz CT molecular complexity index is 4610. The second-order valence-electron chi connectivity index (χ2n) is 32.4. The summed E-state index contributed by atoms with van der Waals surface area (Å²) in [6.07, 6.45) is -0.307. The lowest BCUT2D eigenvalue weighted by molar-refractivity contribution is -0.149. The Balaban J connectivity index is 0.000000316. The number of esters is 5. The fourth-order valence-electron chi connectivity index (χ4n) is 10.3. The Morgan fingerprint density at radius 3 is 0.966 bits per heavy atom. The van der Waals surface area contributed by atoms with E-state index in [0.717, 1.165) is 27.1 Å². The molecule has 8 rings (SSSR count). The molecule has 3 unspecified atom stereocenters. The Morgan fingerprint density at radius 1 is 0.336 bits per heavy atom. The molecule has 0 amide bonds. The van der Waals surface area contributed by atoms with E-state index in [0.29, 0.717) is 35.4 Å². The molecule has 0 aliphatic carbocycles. The highest BCUT2D eigenvalue weighted by Gasteiger charge is 2.43. The van der Waals surface area contributed by atoms with Gasteiger partial charge in [0.1, 0.15) is 59.5 Å². The predicted molar refractivity (Wildman–Crippen MR) is 479 cm³/mol. The summed E-state index contributed by atoms with van der Waals surface area (Å²) in [4.78, 5) is 60.2. The summed E-state index contributed by atoms with van der Waals surface area (Å²) < 4.78 is 121. The van der Waals surface area contributed by atoms with Crippen molar-refractivity contribution in [3.05, 3.63) is 212 Å². The Hall–Kier alpha value is -8.38. The maximum absolute atomic E-state index is 14.0. The molecular weight excluding hydrogens is 1610 g/mol. The van der Waals surface area contributed by atoms with Crippen molar-refractivity contribution in [2.24, 2.45) is 11.3 Å². The van der Waals surface area contributed by atoms with Crippen molar-refractivity contribution in [2.75, 3.05) is 19.4 Å². The van der Waals surface area contributed by atoms with Crippen molar-refractivity contribution >= 4 is 88.8 Å². The molecule has 0 spiro atoms. The number of nitrogens with one attached hydrogen (secondary N) is 4. The van der Waals surface area contributed by atoms with Gasteiger partial charge in [-0.25, -0.2) is 20.3 Å². The molecule has 0 heterocycles. The number of ether oxygens (including phenoxy) is 5. The zero-order valence-electron chi connectivity index (χ0n) is 73.7. The maximum atomic E-state index is 14.0. The van der Waals surface area contributed by atoms with Gasteiger partial charge in [-0.1, -0.05) is 262 Å². The Morgan fingerprint density at radius 2 is 0.639 bits per heavy atom. The van der Waals surface area contributed by atoms with E-state index in [9.17, 15) is 46.8 Å². The van der Waals surface area contributed by atoms with Crippen LogP contribution in [-0.4, -0.2) is 113 Å². The van der Waals surface area contributed by atoms with Crippen LogP contribution in [0.15, 0.2) is 206 Å². The number of hydrogen-bond acceptors (Lipinski definition) is 20. The molecule has 0 aliphatic heterocycles. The highest BCUT2D eigenvalue weighted by atomic mass is 31.2. The second kappa shape index (κ2) is 48.3. The summed E-state index contributed by atoms with van der Waals surface area (Å²) >= 11 is 0. The molecule has 4 N–H and O–H groups in total. The van der Waals surface area contributed by atoms with Crippen molar-refractivity contribution in [3.63, 3.8) is 0 Å². The lowest BCUT2D eigenvalue weighted by atomic mass is 9.99. The smallest absolute Gasteiger partial charge is 0.323 e. The molecule has 0 fully saturated rings. The van der Waals surface area contributed by atoms with Gasteiger partial charge in [0.15, 0.2) is 0 Å². The lowest BCUT2D eigenvalue weighted by Gasteiger charge is -2.33. The molecule has 8 aromatic carbocycles. The molecule has 0 aromatic heterocycles. The van der Waals surface area contributed by atoms with Gasteiger partial charge < -0.3 is 46.3 Å². The fourth-order valence-corrected chi connectivity index (χ4v) is 19.1. The van der Waals surface area contributed by atoms with Crippen LogP contribution < -0.4 is 43.0 Å². The van der Waals surface area contributed by atoms with E-state index < -0.39 is 96.6 Å². The summed E-state index contributed by atoms with van der Waals surface area (Å²) in [5.41, 5.74) is -0.326. The highest BCUT2D eigenvalue weighted by Crippen LogP contribution is 2.60. The number of carbonyl (C=O) groups is 5. The first-order chi connectivity index (χ1) is 55.6. The van der Waals surface area contributed by atoms with Crippen LogP contribution in [-0.2, 0) is 77.1 Å². The minimum absolute atomic E-state index is 0.118. The zero-order valence-corrected chi connectivity index (χ0v) is 78.2. The molecule has 10 atom stereocenters. The zero-order chi connectivity index (χ0) is 89.3. The first kappa shape index (κ1) is 103. The number of fused-ring (bicyclic) bond motifs is 2. The van der Waals surface area contributed by atoms with Gasteiger partial charge in [-0.2, -0.15) is 0 Å². The van der Waals surface area contributed by atoms with Gasteiger partial charge in [0.25, 0.3) is 7.37 Å². The third-order valence-corrected chi connectivity index (χ3v) is 31.3. The third-order valence-electron chi connectivity index (χ3n) is 17.4. The van der Waals surface area contributed by atoms with E-state index in [-0.39, 0.29) is 65.6 Å². The van der Waals surface area contributed by atoms with Crippen molar-refractivity contribution < 1.29 is 93.1 Å². The lowest BCUT2D eigenvalue weighted by Crippen LogP contribution is -2.37. The molecule has 0 saturated heterocycles. The second-order valence-corrected chi connectivity index (χ2v) is 46.3. The predicted octanol–water partition coefficient (Wildman–Crippen LogP) is 22.5.